The Morgan fingerprint density at radius 3 is 2.82 bits per heavy atom. The molecule has 17 heavy (non-hydrogen) atoms. The molecule has 0 bridgehead atoms. The largest absolute Gasteiger partial charge is 0.396 e. The highest BCUT2D eigenvalue weighted by atomic mass is 16.2. The van der Waals surface area contributed by atoms with Crippen LogP contribution in [0, 0.1) is 0 Å². The molecule has 2 rings (SSSR count). The monoisotopic (exact) mass is 235 g/mol. The fourth-order valence-corrected chi connectivity index (χ4v) is 1.76. The Balaban J connectivity index is 1.94. The number of nitrogens with zero attached hydrogens (tertiary/aromatic N) is 3. The van der Waals surface area contributed by atoms with Crippen molar-refractivity contribution in [3.05, 3.63) is 12.2 Å². The van der Waals surface area contributed by atoms with E-state index in [9.17, 15) is 0 Å². The summed E-state index contributed by atoms with van der Waals surface area (Å²) < 4.78 is 0. The second kappa shape index (κ2) is 5.58. The van der Waals surface area contributed by atoms with Gasteiger partial charge in [0.2, 0.25) is 0 Å². The van der Waals surface area contributed by atoms with Crippen molar-refractivity contribution in [1.82, 2.24) is 19.9 Å². The molecule has 6 nitrogen and oxygen atoms in total. The molecule has 4 N–H and O–H groups in total. The van der Waals surface area contributed by atoms with Gasteiger partial charge in [0.15, 0.2) is 11.5 Å². The van der Waals surface area contributed by atoms with Gasteiger partial charge in [0, 0.05) is 13.0 Å². The molecular weight excluding hydrogens is 218 g/mol. The number of unbranched alkanes of at least 4 members (excludes halogenated alkanes) is 3. The fourth-order valence-electron chi connectivity index (χ4n) is 1.76. The Morgan fingerprint density at radius 2 is 2.00 bits per heavy atom. The first-order chi connectivity index (χ1) is 8.31. The van der Waals surface area contributed by atoms with Crippen molar-refractivity contribution in [1.29, 1.82) is 0 Å². The van der Waals surface area contributed by atoms with Gasteiger partial charge in [0.25, 0.3) is 0 Å². The predicted octanol–water partition coefficient (Wildman–Crippen LogP) is 1.03. The first kappa shape index (κ1) is 11.8. The van der Waals surface area contributed by atoms with E-state index in [2.05, 4.69) is 19.9 Å². The number of rotatable bonds is 6. The lowest BCUT2D eigenvalue weighted by molar-refractivity contribution is 0.282. The molecule has 0 aliphatic rings. The van der Waals surface area contributed by atoms with E-state index in [-0.39, 0.29) is 6.61 Å². The summed E-state index contributed by atoms with van der Waals surface area (Å²) in [5.74, 6) is 1.20. The van der Waals surface area contributed by atoms with Crippen LogP contribution in [0.15, 0.2) is 6.33 Å². The Bertz CT molecular complexity index is 482. The molecule has 2 aromatic heterocycles. The number of nitrogens with one attached hydrogen (secondary N) is 1. The van der Waals surface area contributed by atoms with E-state index in [0.29, 0.717) is 17.0 Å². The van der Waals surface area contributed by atoms with Crippen molar-refractivity contribution < 1.29 is 5.11 Å². The van der Waals surface area contributed by atoms with Gasteiger partial charge in [-0.3, -0.25) is 0 Å². The number of hydrogen-bond donors (Lipinski definition) is 3. The van der Waals surface area contributed by atoms with Crippen molar-refractivity contribution in [2.75, 3.05) is 12.3 Å². The summed E-state index contributed by atoms with van der Waals surface area (Å²) in [5.41, 5.74) is 7.13. The molecule has 2 heterocycles. The van der Waals surface area contributed by atoms with Crippen LogP contribution in [0.25, 0.3) is 11.2 Å². The maximum atomic E-state index is 8.66. The number of anilines is 1. The molecule has 0 unspecified atom stereocenters. The summed E-state index contributed by atoms with van der Waals surface area (Å²) in [6, 6.07) is 0. The molecule has 0 radical (unpaired) electrons. The fraction of sp³-hybridized carbons (Fsp3) is 0.545. The smallest absolute Gasteiger partial charge is 0.183 e. The summed E-state index contributed by atoms with van der Waals surface area (Å²) in [6.45, 7) is 0.267. The third kappa shape index (κ3) is 2.91. The zero-order valence-electron chi connectivity index (χ0n) is 9.69. The second-order valence-corrected chi connectivity index (χ2v) is 4.01. The molecule has 0 spiro atoms. The van der Waals surface area contributed by atoms with Crippen LogP contribution in [0.1, 0.15) is 31.5 Å². The van der Waals surface area contributed by atoms with E-state index >= 15 is 0 Å². The normalized spacial score (nSPS) is 11.1. The van der Waals surface area contributed by atoms with E-state index in [1.165, 1.54) is 0 Å². The summed E-state index contributed by atoms with van der Waals surface area (Å²) in [6.07, 6.45) is 6.36. The minimum absolute atomic E-state index is 0.267. The number of fused-ring (bicyclic) bond motifs is 1. The predicted molar refractivity (Wildman–Crippen MR) is 65.4 cm³/mol. The zero-order valence-corrected chi connectivity index (χ0v) is 9.69. The zero-order chi connectivity index (χ0) is 12.1. The number of H-pyrrole nitrogens is 1. The number of aryl methyl sites for hydroxylation is 1. The molecule has 0 aliphatic carbocycles. The highest BCUT2D eigenvalue weighted by Gasteiger charge is 2.06. The van der Waals surface area contributed by atoms with E-state index in [1.54, 1.807) is 6.33 Å². The number of aromatic nitrogens is 4. The lowest BCUT2D eigenvalue weighted by Gasteiger charge is -2.02. The van der Waals surface area contributed by atoms with E-state index < -0.39 is 0 Å². The molecule has 0 saturated carbocycles. The van der Waals surface area contributed by atoms with Crippen LogP contribution in [0.2, 0.25) is 0 Å². The van der Waals surface area contributed by atoms with Crippen molar-refractivity contribution in [3.63, 3.8) is 0 Å². The molecular formula is C11H17N5O. The Morgan fingerprint density at radius 1 is 1.18 bits per heavy atom. The topological polar surface area (TPSA) is 101 Å². The Hall–Kier alpha value is -1.69. The second-order valence-electron chi connectivity index (χ2n) is 4.01. The van der Waals surface area contributed by atoms with Gasteiger partial charge >= 0.3 is 0 Å². The Labute approximate surface area is 99.3 Å². The number of imidazole rings is 1. The molecule has 0 aliphatic heterocycles. The van der Waals surface area contributed by atoms with Gasteiger partial charge in [-0.05, 0) is 12.8 Å². The highest BCUT2D eigenvalue weighted by molar-refractivity contribution is 5.80. The van der Waals surface area contributed by atoms with Crippen LogP contribution in [-0.2, 0) is 6.42 Å². The number of aromatic amines is 1. The molecule has 0 amide bonds. The van der Waals surface area contributed by atoms with Gasteiger partial charge in [-0.2, -0.15) is 0 Å². The van der Waals surface area contributed by atoms with E-state index in [4.69, 9.17) is 10.8 Å². The van der Waals surface area contributed by atoms with Crippen molar-refractivity contribution in [3.8, 4) is 0 Å². The maximum Gasteiger partial charge on any atom is 0.183 e. The number of hydrogen-bond acceptors (Lipinski definition) is 5. The number of nitrogen functional groups attached to an aromatic ring is 1. The van der Waals surface area contributed by atoms with E-state index in [0.717, 1.165) is 37.9 Å². The molecule has 0 saturated heterocycles. The standard InChI is InChI=1S/C11H17N5O/c12-10-9-11(14-7-13-9)16-8(15-10)5-3-1-2-4-6-17/h7,17H,1-6H2,(H3,12,13,14,15,16). The van der Waals surface area contributed by atoms with Gasteiger partial charge < -0.3 is 15.8 Å². The van der Waals surface area contributed by atoms with Gasteiger partial charge in [0.1, 0.15) is 11.3 Å². The first-order valence-corrected chi connectivity index (χ1v) is 5.87. The number of nitrogens with two attached hydrogens (primary N) is 1. The van der Waals surface area contributed by atoms with Crippen LogP contribution >= 0.6 is 0 Å². The third-order valence-corrected chi connectivity index (χ3v) is 2.67. The molecule has 6 heteroatoms. The summed E-state index contributed by atoms with van der Waals surface area (Å²) >= 11 is 0. The van der Waals surface area contributed by atoms with Crippen molar-refractivity contribution in [2.24, 2.45) is 0 Å². The van der Waals surface area contributed by atoms with Crippen LogP contribution in [0.3, 0.4) is 0 Å². The Kier molecular flexibility index (Phi) is 3.87. The molecule has 0 fully saturated rings. The average Bonchev–Trinajstić information content (AvgIpc) is 2.77. The van der Waals surface area contributed by atoms with Gasteiger partial charge in [0.05, 0.1) is 6.33 Å². The van der Waals surface area contributed by atoms with Gasteiger partial charge in [-0.25, -0.2) is 15.0 Å². The minimum atomic E-state index is 0.267. The van der Waals surface area contributed by atoms with Crippen LogP contribution < -0.4 is 5.73 Å². The molecule has 2 aromatic rings. The lowest BCUT2D eigenvalue weighted by Crippen LogP contribution is -2.01. The SMILES string of the molecule is Nc1nc(CCCCCCO)nc2nc[nH]c12. The van der Waals surface area contributed by atoms with Crippen molar-refractivity contribution in [2.45, 2.75) is 32.1 Å². The van der Waals surface area contributed by atoms with Crippen molar-refractivity contribution >= 4 is 17.0 Å². The van der Waals surface area contributed by atoms with Crippen LogP contribution in [0.5, 0.6) is 0 Å². The maximum absolute atomic E-state index is 8.66. The molecule has 0 atom stereocenters. The summed E-state index contributed by atoms with van der Waals surface area (Å²) in [7, 11) is 0. The van der Waals surface area contributed by atoms with Crippen LogP contribution in [-0.4, -0.2) is 31.6 Å². The summed E-state index contributed by atoms with van der Waals surface area (Å²) in [5, 5.41) is 8.66. The quantitative estimate of drug-likeness (QED) is 0.649. The van der Waals surface area contributed by atoms with Gasteiger partial charge in [-0.1, -0.05) is 12.8 Å². The van der Waals surface area contributed by atoms with Crippen LogP contribution in [0.4, 0.5) is 5.82 Å². The first-order valence-electron chi connectivity index (χ1n) is 5.87. The third-order valence-electron chi connectivity index (χ3n) is 2.67. The molecule has 0 aromatic carbocycles. The molecule has 92 valence electrons. The number of aliphatic hydroxyl groups excluding tert-OH is 1. The lowest BCUT2D eigenvalue weighted by atomic mass is 10.1. The highest BCUT2D eigenvalue weighted by Crippen LogP contribution is 2.14. The number of aliphatic hydroxyl groups is 1. The minimum Gasteiger partial charge on any atom is -0.396 e. The average molecular weight is 235 g/mol. The summed E-state index contributed by atoms with van der Waals surface area (Å²) in [4.78, 5) is 15.6. The van der Waals surface area contributed by atoms with Gasteiger partial charge in [-0.15, -0.1) is 0 Å². The van der Waals surface area contributed by atoms with E-state index in [1.807, 2.05) is 0 Å².